The van der Waals surface area contributed by atoms with Gasteiger partial charge < -0.3 is 5.32 Å². The summed E-state index contributed by atoms with van der Waals surface area (Å²) in [6.07, 6.45) is 5.74. The molecule has 0 atom stereocenters. The second-order valence-electron chi connectivity index (χ2n) is 6.45. The van der Waals surface area contributed by atoms with E-state index in [1.165, 1.54) is 0 Å². The molecule has 26 heavy (non-hydrogen) atoms. The molecule has 0 amide bonds. The molecule has 0 bridgehead atoms. The molecule has 4 rings (SSSR count). The molecule has 0 aliphatic carbocycles. The van der Waals surface area contributed by atoms with Crippen LogP contribution in [-0.4, -0.2) is 14.5 Å². The van der Waals surface area contributed by atoms with Gasteiger partial charge in [-0.25, -0.2) is 9.97 Å². The Morgan fingerprint density at radius 2 is 1.96 bits per heavy atom. The molecule has 1 aliphatic rings. The molecule has 0 unspecified atom stereocenters. The Bertz CT molecular complexity index is 1080. The van der Waals surface area contributed by atoms with Crippen molar-refractivity contribution in [2.45, 2.75) is 13.8 Å². The number of nitrogens with one attached hydrogen (secondary N) is 1. The minimum absolute atomic E-state index is 0. The maximum absolute atomic E-state index is 4.88. The summed E-state index contributed by atoms with van der Waals surface area (Å²) < 4.78 is 2.14. The maximum atomic E-state index is 4.88. The van der Waals surface area contributed by atoms with Crippen molar-refractivity contribution >= 4 is 17.1 Å². The third kappa shape index (κ3) is 2.56. The van der Waals surface area contributed by atoms with E-state index >= 15 is 0 Å². The number of para-hydroxylation sites is 1. The molecule has 4 heteroatoms. The lowest BCUT2D eigenvalue weighted by atomic mass is 10.1. The van der Waals surface area contributed by atoms with E-state index in [4.69, 9.17) is 4.98 Å². The van der Waals surface area contributed by atoms with Crippen molar-refractivity contribution in [1.82, 2.24) is 14.5 Å². The molecule has 0 fully saturated rings. The highest BCUT2D eigenvalue weighted by molar-refractivity contribution is 5.86. The summed E-state index contributed by atoms with van der Waals surface area (Å²) >= 11 is 0. The lowest BCUT2D eigenvalue weighted by Gasteiger charge is -2.13. The Labute approximate surface area is 154 Å². The van der Waals surface area contributed by atoms with E-state index in [0.717, 1.165) is 51.1 Å². The average molecular weight is 342 g/mol. The van der Waals surface area contributed by atoms with Crippen LogP contribution in [0.5, 0.6) is 0 Å². The first-order valence-electron chi connectivity index (χ1n) is 8.50. The number of pyridine rings is 1. The molecule has 0 spiro atoms. The van der Waals surface area contributed by atoms with Crippen LogP contribution >= 0.6 is 0 Å². The molecule has 0 saturated heterocycles. The zero-order valence-corrected chi connectivity index (χ0v) is 15.0. The Morgan fingerprint density at radius 1 is 1.15 bits per heavy atom. The van der Waals surface area contributed by atoms with Gasteiger partial charge in [0.15, 0.2) is 5.82 Å². The topological polar surface area (TPSA) is 42.7 Å². The number of fused-ring (bicyclic) bond motifs is 5. The summed E-state index contributed by atoms with van der Waals surface area (Å²) in [7, 11) is 0. The minimum Gasteiger partial charge on any atom is -0.338 e. The van der Waals surface area contributed by atoms with Gasteiger partial charge >= 0.3 is 0 Å². The monoisotopic (exact) mass is 342 g/mol. The number of rotatable bonds is 3. The Balaban J connectivity index is 0.00000210. The Hall–Kier alpha value is -3.40. The fourth-order valence-corrected chi connectivity index (χ4v) is 3.23. The predicted molar refractivity (Wildman–Crippen MR) is 110 cm³/mol. The predicted octanol–water partition coefficient (Wildman–Crippen LogP) is 5.69. The Morgan fingerprint density at radius 3 is 2.77 bits per heavy atom. The average Bonchev–Trinajstić information content (AvgIpc) is 2.91. The van der Waals surface area contributed by atoms with Gasteiger partial charge in [-0.05, 0) is 43.7 Å². The highest BCUT2D eigenvalue weighted by Gasteiger charge is 2.25. The first-order valence-corrected chi connectivity index (χ1v) is 8.50. The number of allylic oxidation sites excluding steroid dienone is 4. The fourth-order valence-electron chi connectivity index (χ4n) is 3.23. The van der Waals surface area contributed by atoms with Crippen molar-refractivity contribution < 1.29 is 1.43 Å². The minimum atomic E-state index is 0. The molecule has 3 heterocycles. The number of benzene rings is 1. The van der Waals surface area contributed by atoms with E-state index in [1.54, 1.807) is 6.20 Å². The van der Waals surface area contributed by atoms with Crippen LogP contribution < -0.4 is 5.32 Å². The molecule has 3 aromatic rings. The van der Waals surface area contributed by atoms with Crippen molar-refractivity contribution in [2.75, 3.05) is 5.32 Å². The van der Waals surface area contributed by atoms with Crippen molar-refractivity contribution in [3.05, 3.63) is 84.9 Å². The molecule has 0 saturated carbocycles. The summed E-state index contributed by atoms with van der Waals surface area (Å²) in [5, 5.41) is 3.44. The number of aromatic nitrogens is 3. The highest BCUT2D eigenvalue weighted by Crippen LogP contribution is 2.39. The number of imidazole rings is 1. The van der Waals surface area contributed by atoms with Crippen LogP contribution in [0.3, 0.4) is 0 Å². The van der Waals surface area contributed by atoms with Gasteiger partial charge in [0.2, 0.25) is 0 Å². The molecule has 1 N–H and O–H groups in total. The summed E-state index contributed by atoms with van der Waals surface area (Å²) in [6, 6.07) is 12.1. The summed E-state index contributed by atoms with van der Waals surface area (Å²) in [4.78, 5) is 9.42. The largest absolute Gasteiger partial charge is 0.338 e. The maximum Gasteiger partial charge on any atom is 0.154 e. The molecule has 130 valence electrons. The van der Waals surface area contributed by atoms with E-state index < -0.39 is 0 Å². The van der Waals surface area contributed by atoms with Gasteiger partial charge in [0.25, 0.3) is 0 Å². The van der Waals surface area contributed by atoms with Crippen LogP contribution in [0.25, 0.3) is 22.6 Å². The van der Waals surface area contributed by atoms with E-state index in [0.29, 0.717) is 0 Å². The zero-order chi connectivity index (χ0) is 18.3. The fraction of sp³-hybridized carbons (Fsp3) is 0.0909. The van der Waals surface area contributed by atoms with E-state index in [1.807, 2.05) is 56.3 Å². The van der Waals surface area contributed by atoms with Gasteiger partial charge in [0.1, 0.15) is 5.82 Å². The number of aryl methyl sites for hydroxylation is 1. The third-order valence-electron chi connectivity index (χ3n) is 4.37. The molecule has 1 aromatic carbocycles. The van der Waals surface area contributed by atoms with Crippen molar-refractivity contribution in [1.29, 1.82) is 0 Å². The number of hydrogen-bond acceptors (Lipinski definition) is 3. The normalized spacial score (nSPS) is 11.9. The first kappa shape index (κ1) is 16.1. The second kappa shape index (κ2) is 6.15. The number of nitrogens with zero attached hydrogens (tertiary/aromatic N) is 3. The van der Waals surface area contributed by atoms with Crippen LogP contribution in [0.2, 0.25) is 0 Å². The SMILES string of the molecule is C=C(C)/C=C\C(=C)c1c(C)nc2n1-c1cccnc1Nc1ccccc1-2.[HH]. The smallest absolute Gasteiger partial charge is 0.154 e. The first-order chi connectivity index (χ1) is 12.6. The lowest BCUT2D eigenvalue weighted by molar-refractivity contribution is 1.04. The lowest BCUT2D eigenvalue weighted by Crippen LogP contribution is -2.03. The van der Waals surface area contributed by atoms with Gasteiger partial charge in [-0.1, -0.05) is 43.0 Å². The van der Waals surface area contributed by atoms with Crippen LogP contribution in [0, 0.1) is 6.92 Å². The van der Waals surface area contributed by atoms with Crippen LogP contribution in [0.15, 0.2) is 73.5 Å². The van der Waals surface area contributed by atoms with Gasteiger partial charge in [0, 0.05) is 13.2 Å². The Kier molecular flexibility index (Phi) is 3.81. The van der Waals surface area contributed by atoms with Crippen molar-refractivity contribution in [3.8, 4) is 17.1 Å². The third-order valence-corrected chi connectivity index (χ3v) is 4.37. The molecule has 0 radical (unpaired) electrons. The zero-order valence-electron chi connectivity index (χ0n) is 15.0. The van der Waals surface area contributed by atoms with E-state index in [-0.39, 0.29) is 1.43 Å². The second-order valence-corrected chi connectivity index (χ2v) is 6.45. The quantitative estimate of drug-likeness (QED) is 0.486. The standard InChI is InChI=1S/C22H20N4.H2/c1-14(2)11-12-15(3)20-16(4)24-22-17-8-5-6-9-18(17)25-21-19(26(20)22)10-7-13-23-21;/h5-13H,1,3H2,2,4H3,(H,23,25);1H/b12-11-;. The molecular weight excluding hydrogens is 320 g/mol. The molecule has 4 nitrogen and oxygen atoms in total. The van der Waals surface area contributed by atoms with Gasteiger partial charge in [-0.3, -0.25) is 4.57 Å². The molecule has 1 aliphatic heterocycles. The number of anilines is 2. The van der Waals surface area contributed by atoms with E-state index in [9.17, 15) is 0 Å². The van der Waals surface area contributed by atoms with Crippen molar-refractivity contribution in [3.63, 3.8) is 0 Å². The number of hydrogen-bond donors (Lipinski definition) is 1. The van der Waals surface area contributed by atoms with E-state index in [2.05, 4.69) is 34.1 Å². The summed E-state index contributed by atoms with van der Waals surface area (Å²) in [5.41, 5.74) is 6.77. The van der Waals surface area contributed by atoms with Crippen LogP contribution in [0.1, 0.15) is 19.7 Å². The van der Waals surface area contributed by atoms with Gasteiger partial charge in [-0.2, -0.15) is 0 Å². The van der Waals surface area contributed by atoms with Gasteiger partial charge in [-0.15, -0.1) is 0 Å². The van der Waals surface area contributed by atoms with Crippen LogP contribution in [-0.2, 0) is 0 Å². The van der Waals surface area contributed by atoms with Crippen molar-refractivity contribution in [2.24, 2.45) is 0 Å². The molecule has 2 aromatic heterocycles. The highest BCUT2D eigenvalue weighted by atomic mass is 15.2. The van der Waals surface area contributed by atoms with Gasteiger partial charge in [0.05, 0.1) is 22.8 Å². The molecular formula is C22H22N4. The van der Waals surface area contributed by atoms with Crippen LogP contribution in [0.4, 0.5) is 11.5 Å². The summed E-state index contributed by atoms with van der Waals surface area (Å²) in [6.45, 7) is 12.2. The summed E-state index contributed by atoms with van der Waals surface area (Å²) in [5.74, 6) is 1.69.